The van der Waals surface area contributed by atoms with Crippen LogP contribution in [0.1, 0.15) is 25.7 Å². The number of carbonyl (C=O) groups is 1. The number of anilines is 1. The molecule has 1 aliphatic rings. The van der Waals surface area contributed by atoms with Crippen LogP contribution in [-0.4, -0.2) is 27.9 Å². The van der Waals surface area contributed by atoms with Crippen molar-refractivity contribution in [2.75, 3.05) is 10.9 Å². The summed E-state index contributed by atoms with van der Waals surface area (Å²) in [5.74, 6) is -0.397. The molecule has 120 valence electrons. The second-order valence-electron chi connectivity index (χ2n) is 4.98. The number of nitrogens with zero attached hydrogens (tertiary/aromatic N) is 1. The van der Waals surface area contributed by atoms with Crippen LogP contribution < -0.4 is 4.31 Å². The van der Waals surface area contributed by atoms with E-state index in [-0.39, 0.29) is 12.6 Å². The van der Waals surface area contributed by atoms with Gasteiger partial charge in [-0.05, 0) is 49.1 Å². The van der Waals surface area contributed by atoms with Crippen LogP contribution in [-0.2, 0) is 20.8 Å². The Labute approximate surface area is 131 Å². The molecule has 0 saturated heterocycles. The van der Waals surface area contributed by atoms with Crippen LogP contribution in [0.15, 0.2) is 35.9 Å². The summed E-state index contributed by atoms with van der Waals surface area (Å²) in [5.41, 5.74) is 1.44. The summed E-state index contributed by atoms with van der Waals surface area (Å²) >= 11 is -2.23. The Morgan fingerprint density at radius 1 is 1.41 bits per heavy atom. The average Bonchev–Trinajstić information content (AvgIpc) is 2.51. The molecule has 1 aliphatic carbocycles. The van der Waals surface area contributed by atoms with Crippen molar-refractivity contribution in [2.45, 2.75) is 31.7 Å². The minimum Gasteiger partial charge on any atom is -0.468 e. The van der Waals surface area contributed by atoms with Gasteiger partial charge in [0.2, 0.25) is 0 Å². The molecule has 2 unspecified atom stereocenters. The lowest BCUT2D eigenvalue weighted by molar-refractivity contribution is -0.128. The van der Waals surface area contributed by atoms with Gasteiger partial charge in [-0.1, -0.05) is 6.08 Å². The number of hydrogen-bond donors (Lipinski definition) is 1. The second-order valence-corrected chi connectivity index (χ2v) is 5.83. The predicted octanol–water partition coefficient (Wildman–Crippen LogP) is 2.81. The Bertz CT molecular complexity index is 561. The molecule has 22 heavy (non-hydrogen) atoms. The number of carbonyl (C=O) groups excluding carboxylic acids is 1. The second kappa shape index (κ2) is 8.05. The fourth-order valence-electron chi connectivity index (χ4n) is 2.65. The number of rotatable bonds is 7. The van der Waals surface area contributed by atoms with Gasteiger partial charge in [-0.15, -0.1) is 0 Å². The van der Waals surface area contributed by atoms with Crippen molar-refractivity contribution >= 4 is 23.4 Å². The molecule has 1 aromatic carbocycles. The standard InChI is InChI=1S/C15H18FNO4S/c16-13-5-7-14(8-6-13)17(22(19)20)15-4-2-1-3-12(15)9-10-21-11-18/h3,5-8,11,15H,1-2,4,9-10H2,(H,19,20). The number of allylic oxidation sites excluding steroid dienone is 1. The summed E-state index contributed by atoms with van der Waals surface area (Å²) in [6.07, 6.45) is 5.04. The van der Waals surface area contributed by atoms with Gasteiger partial charge in [-0.2, -0.15) is 0 Å². The van der Waals surface area contributed by atoms with E-state index in [2.05, 4.69) is 0 Å². The minimum absolute atomic E-state index is 0.237. The number of hydrogen-bond acceptors (Lipinski definition) is 3. The molecule has 0 radical (unpaired) electrons. The van der Waals surface area contributed by atoms with Crippen LogP contribution in [0.4, 0.5) is 10.1 Å². The van der Waals surface area contributed by atoms with Crippen LogP contribution in [0, 0.1) is 5.82 Å². The van der Waals surface area contributed by atoms with E-state index in [1.54, 1.807) is 0 Å². The van der Waals surface area contributed by atoms with Gasteiger partial charge >= 0.3 is 0 Å². The Balaban J connectivity index is 2.23. The van der Waals surface area contributed by atoms with Crippen LogP contribution in [0.2, 0.25) is 0 Å². The SMILES string of the molecule is O=COCCC1=CCCCC1N(c1ccc(F)cc1)S(=O)O. The fourth-order valence-corrected chi connectivity index (χ4v) is 3.41. The lowest BCUT2D eigenvalue weighted by Crippen LogP contribution is -2.39. The van der Waals surface area contributed by atoms with E-state index in [0.29, 0.717) is 18.6 Å². The Morgan fingerprint density at radius 3 is 2.77 bits per heavy atom. The van der Waals surface area contributed by atoms with Crippen molar-refractivity contribution in [3.8, 4) is 0 Å². The zero-order valence-corrected chi connectivity index (χ0v) is 12.8. The first-order valence-corrected chi connectivity index (χ1v) is 8.10. The molecule has 0 amide bonds. The van der Waals surface area contributed by atoms with Gasteiger partial charge in [0.05, 0.1) is 18.3 Å². The molecule has 0 heterocycles. The van der Waals surface area contributed by atoms with Gasteiger partial charge in [0.15, 0.2) is 0 Å². The highest BCUT2D eigenvalue weighted by Gasteiger charge is 2.28. The molecule has 5 nitrogen and oxygen atoms in total. The van der Waals surface area contributed by atoms with Gasteiger partial charge in [-0.3, -0.25) is 13.7 Å². The molecular formula is C15H18FNO4S. The highest BCUT2D eigenvalue weighted by atomic mass is 32.2. The summed E-state index contributed by atoms with van der Waals surface area (Å²) in [6.45, 7) is 0.626. The average molecular weight is 327 g/mol. The van der Waals surface area contributed by atoms with Crippen molar-refractivity contribution in [3.05, 3.63) is 41.7 Å². The third-order valence-electron chi connectivity index (χ3n) is 3.63. The predicted molar refractivity (Wildman–Crippen MR) is 82.0 cm³/mol. The monoisotopic (exact) mass is 327 g/mol. The van der Waals surface area contributed by atoms with Gasteiger partial charge in [0, 0.05) is 6.42 Å². The zero-order valence-electron chi connectivity index (χ0n) is 12.0. The Kier molecular flexibility index (Phi) is 6.09. The minimum atomic E-state index is -2.23. The first-order chi connectivity index (χ1) is 10.6. The molecule has 0 bridgehead atoms. The van der Waals surface area contributed by atoms with Crippen molar-refractivity contribution in [1.29, 1.82) is 0 Å². The molecule has 0 fully saturated rings. The van der Waals surface area contributed by atoms with Crippen molar-refractivity contribution in [2.24, 2.45) is 0 Å². The third-order valence-corrected chi connectivity index (χ3v) is 4.43. The van der Waals surface area contributed by atoms with Gasteiger partial charge in [-0.25, -0.2) is 8.60 Å². The fraction of sp³-hybridized carbons (Fsp3) is 0.400. The van der Waals surface area contributed by atoms with Crippen molar-refractivity contribution in [1.82, 2.24) is 0 Å². The molecule has 0 aliphatic heterocycles. The lowest BCUT2D eigenvalue weighted by Gasteiger charge is -2.34. The summed E-state index contributed by atoms with van der Waals surface area (Å²) in [5, 5.41) is 0. The molecular weight excluding hydrogens is 309 g/mol. The van der Waals surface area contributed by atoms with E-state index in [0.717, 1.165) is 24.8 Å². The summed E-state index contributed by atoms with van der Waals surface area (Å²) in [6, 6.07) is 5.23. The lowest BCUT2D eigenvalue weighted by atomic mass is 9.92. The van der Waals surface area contributed by atoms with Crippen LogP contribution in [0.3, 0.4) is 0 Å². The third kappa shape index (κ3) is 4.14. The molecule has 2 atom stereocenters. The molecule has 7 heteroatoms. The van der Waals surface area contributed by atoms with Crippen LogP contribution in [0.5, 0.6) is 0 Å². The molecule has 1 N–H and O–H groups in total. The van der Waals surface area contributed by atoms with E-state index < -0.39 is 17.1 Å². The van der Waals surface area contributed by atoms with Gasteiger partial charge in [0.25, 0.3) is 17.7 Å². The first-order valence-electron chi connectivity index (χ1n) is 7.03. The van der Waals surface area contributed by atoms with Gasteiger partial charge < -0.3 is 4.74 Å². The molecule has 0 aromatic heterocycles. The number of ether oxygens (including phenoxy) is 1. The summed E-state index contributed by atoms with van der Waals surface area (Å²) in [7, 11) is 0. The van der Waals surface area contributed by atoms with E-state index in [9.17, 15) is 17.9 Å². The largest absolute Gasteiger partial charge is 0.468 e. The maximum absolute atomic E-state index is 13.1. The maximum atomic E-state index is 13.1. The molecule has 1 aromatic rings. The normalized spacial score (nSPS) is 19.2. The highest BCUT2D eigenvalue weighted by Crippen LogP contribution is 2.30. The zero-order chi connectivity index (χ0) is 15.9. The number of benzene rings is 1. The van der Waals surface area contributed by atoms with Crippen LogP contribution in [0.25, 0.3) is 0 Å². The topological polar surface area (TPSA) is 66.8 Å². The summed E-state index contributed by atoms with van der Waals surface area (Å²) in [4.78, 5) is 10.2. The van der Waals surface area contributed by atoms with Crippen LogP contribution >= 0.6 is 0 Å². The van der Waals surface area contributed by atoms with Crippen molar-refractivity contribution < 1.29 is 22.7 Å². The van der Waals surface area contributed by atoms with E-state index in [1.807, 2.05) is 6.08 Å². The number of halogens is 1. The van der Waals surface area contributed by atoms with E-state index in [1.165, 1.54) is 28.6 Å². The van der Waals surface area contributed by atoms with E-state index >= 15 is 0 Å². The maximum Gasteiger partial charge on any atom is 0.293 e. The molecule has 2 rings (SSSR count). The quantitative estimate of drug-likeness (QED) is 0.362. The molecule has 0 saturated carbocycles. The highest BCUT2D eigenvalue weighted by molar-refractivity contribution is 7.80. The first kappa shape index (κ1) is 16.6. The molecule has 0 spiro atoms. The van der Waals surface area contributed by atoms with Crippen molar-refractivity contribution in [3.63, 3.8) is 0 Å². The van der Waals surface area contributed by atoms with Gasteiger partial charge in [0.1, 0.15) is 5.82 Å². The smallest absolute Gasteiger partial charge is 0.293 e. The summed E-state index contributed by atoms with van der Waals surface area (Å²) < 4.78 is 40.6. The Hall–Kier alpha value is -1.73. The van der Waals surface area contributed by atoms with E-state index in [4.69, 9.17) is 4.74 Å². The Morgan fingerprint density at radius 2 is 2.14 bits per heavy atom.